The molecule has 1 aromatic heterocycles. The molecule has 0 atom stereocenters. The third kappa shape index (κ3) is 4.25. The van der Waals surface area contributed by atoms with Crippen LogP contribution in [0.25, 0.3) is 0 Å². The summed E-state index contributed by atoms with van der Waals surface area (Å²) in [5.74, 6) is 1.62. The summed E-state index contributed by atoms with van der Waals surface area (Å²) in [5, 5.41) is 5.45. The summed E-state index contributed by atoms with van der Waals surface area (Å²) in [7, 11) is 1.68. The second-order valence-corrected chi connectivity index (χ2v) is 5.48. The first kappa shape index (κ1) is 14.9. The van der Waals surface area contributed by atoms with E-state index in [1.54, 1.807) is 18.4 Å². The van der Waals surface area contributed by atoms with Crippen LogP contribution in [0, 0.1) is 0 Å². The molecule has 0 amide bonds. The Hall–Kier alpha value is -1.52. The number of thiophene rings is 1. The molecule has 0 fully saturated rings. The summed E-state index contributed by atoms with van der Waals surface area (Å²) in [6, 6.07) is 10.3. The largest absolute Gasteiger partial charge is 0.493 e. The van der Waals surface area contributed by atoms with Gasteiger partial charge in [-0.2, -0.15) is 0 Å². The number of hydrogen-bond acceptors (Lipinski definition) is 4. The van der Waals surface area contributed by atoms with Crippen molar-refractivity contribution in [2.24, 2.45) is 0 Å². The monoisotopic (exact) mass is 291 g/mol. The predicted molar refractivity (Wildman–Crippen MR) is 83.9 cm³/mol. The van der Waals surface area contributed by atoms with E-state index in [1.807, 2.05) is 12.1 Å². The number of methoxy groups -OCH3 is 1. The van der Waals surface area contributed by atoms with Gasteiger partial charge in [0.15, 0.2) is 11.5 Å². The molecule has 2 aromatic rings. The van der Waals surface area contributed by atoms with Crippen molar-refractivity contribution >= 4 is 11.3 Å². The Morgan fingerprint density at radius 1 is 1.20 bits per heavy atom. The topological polar surface area (TPSA) is 30.5 Å². The van der Waals surface area contributed by atoms with Crippen molar-refractivity contribution in [1.29, 1.82) is 0 Å². The minimum absolute atomic E-state index is 0.632. The lowest BCUT2D eigenvalue weighted by Gasteiger charge is -2.12. The Kier molecular flexibility index (Phi) is 5.89. The van der Waals surface area contributed by atoms with Crippen LogP contribution in [0.3, 0.4) is 0 Å². The van der Waals surface area contributed by atoms with Crippen LogP contribution in [0.15, 0.2) is 35.7 Å². The maximum Gasteiger partial charge on any atom is 0.161 e. The van der Waals surface area contributed by atoms with Crippen LogP contribution >= 0.6 is 11.3 Å². The van der Waals surface area contributed by atoms with Crippen molar-refractivity contribution in [3.63, 3.8) is 0 Å². The molecule has 1 aromatic carbocycles. The molecule has 0 aliphatic heterocycles. The van der Waals surface area contributed by atoms with Crippen LogP contribution in [0.2, 0.25) is 0 Å². The Bertz CT molecular complexity index is 511. The van der Waals surface area contributed by atoms with Gasteiger partial charge in [-0.1, -0.05) is 19.1 Å². The zero-order valence-corrected chi connectivity index (χ0v) is 12.8. The first-order valence-corrected chi connectivity index (χ1v) is 7.74. The van der Waals surface area contributed by atoms with E-state index in [4.69, 9.17) is 9.47 Å². The second kappa shape index (κ2) is 7.92. The average Bonchev–Trinajstić information content (AvgIpc) is 3.00. The molecule has 0 radical (unpaired) electrons. The van der Waals surface area contributed by atoms with Gasteiger partial charge in [-0.05, 0) is 35.6 Å². The summed E-state index contributed by atoms with van der Waals surface area (Å²) in [5.41, 5.74) is 1.25. The van der Waals surface area contributed by atoms with Gasteiger partial charge in [-0.25, -0.2) is 0 Å². The van der Waals surface area contributed by atoms with Gasteiger partial charge < -0.3 is 14.8 Å². The standard InChI is InChI=1S/C16H21NO2S/c1-3-13-6-7-15(16(11-13)18-2)19-9-8-17-12-14-5-4-10-20-14/h4-7,10-11,17H,3,8-9,12H2,1-2H3. The molecule has 2 rings (SSSR count). The van der Waals surface area contributed by atoms with Crippen molar-refractivity contribution in [3.8, 4) is 11.5 Å². The Morgan fingerprint density at radius 2 is 2.10 bits per heavy atom. The molecule has 1 N–H and O–H groups in total. The third-order valence-electron chi connectivity index (χ3n) is 3.05. The van der Waals surface area contributed by atoms with Crippen molar-refractivity contribution < 1.29 is 9.47 Å². The zero-order chi connectivity index (χ0) is 14.2. The molecule has 0 aliphatic rings. The second-order valence-electron chi connectivity index (χ2n) is 4.44. The van der Waals surface area contributed by atoms with Gasteiger partial charge in [0.25, 0.3) is 0 Å². The van der Waals surface area contributed by atoms with Gasteiger partial charge in [-0.3, -0.25) is 0 Å². The first-order chi connectivity index (χ1) is 9.83. The van der Waals surface area contributed by atoms with E-state index in [1.165, 1.54) is 10.4 Å². The van der Waals surface area contributed by atoms with E-state index in [-0.39, 0.29) is 0 Å². The normalized spacial score (nSPS) is 10.5. The highest BCUT2D eigenvalue weighted by atomic mass is 32.1. The van der Waals surface area contributed by atoms with E-state index in [0.717, 1.165) is 31.0 Å². The van der Waals surface area contributed by atoms with Crippen LogP contribution in [-0.2, 0) is 13.0 Å². The molecular formula is C16H21NO2S. The van der Waals surface area contributed by atoms with Gasteiger partial charge in [0.05, 0.1) is 7.11 Å². The zero-order valence-electron chi connectivity index (χ0n) is 12.0. The van der Waals surface area contributed by atoms with Gasteiger partial charge in [0, 0.05) is 18.0 Å². The Labute approximate surface area is 124 Å². The summed E-state index contributed by atoms with van der Waals surface area (Å²) < 4.78 is 11.1. The molecule has 4 heteroatoms. The maximum atomic E-state index is 5.76. The molecule has 0 bridgehead atoms. The van der Waals surface area contributed by atoms with E-state index < -0.39 is 0 Å². The summed E-state index contributed by atoms with van der Waals surface area (Å²) >= 11 is 1.76. The molecule has 0 saturated carbocycles. The molecule has 0 saturated heterocycles. The summed E-state index contributed by atoms with van der Waals surface area (Å²) in [6.45, 7) is 4.47. The number of rotatable bonds is 8. The molecular weight excluding hydrogens is 270 g/mol. The lowest BCUT2D eigenvalue weighted by atomic mass is 10.1. The molecule has 20 heavy (non-hydrogen) atoms. The molecule has 1 heterocycles. The van der Waals surface area contributed by atoms with Gasteiger partial charge in [0.2, 0.25) is 0 Å². The minimum atomic E-state index is 0.632. The predicted octanol–water partition coefficient (Wildman–Crippen LogP) is 3.49. The van der Waals surface area contributed by atoms with Gasteiger partial charge in [-0.15, -0.1) is 11.3 Å². The average molecular weight is 291 g/mol. The maximum absolute atomic E-state index is 5.76. The molecule has 0 unspecified atom stereocenters. The van der Waals surface area contributed by atoms with E-state index in [2.05, 4.69) is 35.8 Å². The lowest BCUT2D eigenvalue weighted by molar-refractivity contribution is 0.292. The summed E-state index contributed by atoms with van der Waals surface area (Å²) in [6.07, 6.45) is 0.999. The van der Waals surface area contributed by atoms with Crippen molar-refractivity contribution in [2.45, 2.75) is 19.9 Å². The smallest absolute Gasteiger partial charge is 0.161 e. The fourth-order valence-corrected chi connectivity index (χ4v) is 2.58. The van der Waals surface area contributed by atoms with Gasteiger partial charge >= 0.3 is 0 Å². The highest BCUT2D eigenvalue weighted by molar-refractivity contribution is 7.09. The van der Waals surface area contributed by atoms with E-state index in [0.29, 0.717) is 6.61 Å². The molecule has 0 spiro atoms. The highest BCUT2D eigenvalue weighted by Crippen LogP contribution is 2.28. The fourth-order valence-electron chi connectivity index (χ4n) is 1.91. The quantitative estimate of drug-likeness (QED) is 0.755. The van der Waals surface area contributed by atoms with Crippen molar-refractivity contribution in [3.05, 3.63) is 46.2 Å². The lowest BCUT2D eigenvalue weighted by Crippen LogP contribution is -2.20. The Morgan fingerprint density at radius 3 is 2.80 bits per heavy atom. The number of benzene rings is 1. The third-order valence-corrected chi connectivity index (χ3v) is 3.93. The van der Waals surface area contributed by atoms with Crippen LogP contribution in [-0.4, -0.2) is 20.3 Å². The Balaban J connectivity index is 1.76. The molecule has 3 nitrogen and oxygen atoms in total. The number of aryl methyl sites for hydroxylation is 1. The van der Waals surface area contributed by atoms with E-state index >= 15 is 0 Å². The summed E-state index contributed by atoms with van der Waals surface area (Å²) in [4.78, 5) is 1.34. The number of hydrogen-bond donors (Lipinski definition) is 1. The number of nitrogens with one attached hydrogen (secondary N) is 1. The van der Waals surface area contributed by atoms with E-state index in [9.17, 15) is 0 Å². The van der Waals surface area contributed by atoms with Crippen LogP contribution in [0.5, 0.6) is 11.5 Å². The fraction of sp³-hybridized carbons (Fsp3) is 0.375. The van der Waals surface area contributed by atoms with Crippen molar-refractivity contribution in [2.75, 3.05) is 20.3 Å². The first-order valence-electron chi connectivity index (χ1n) is 6.86. The highest BCUT2D eigenvalue weighted by Gasteiger charge is 2.04. The van der Waals surface area contributed by atoms with Gasteiger partial charge in [0.1, 0.15) is 6.61 Å². The molecule has 0 aliphatic carbocycles. The minimum Gasteiger partial charge on any atom is -0.493 e. The SMILES string of the molecule is CCc1ccc(OCCNCc2cccs2)c(OC)c1. The van der Waals surface area contributed by atoms with Crippen LogP contribution in [0.1, 0.15) is 17.4 Å². The van der Waals surface area contributed by atoms with Crippen molar-refractivity contribution in [1.82, 2.24) is 5.32 Å². The number of ether oxygens (including phenoxy) is 2. The molecule has 108 valence electrons. The van der Waals surface area contributed by atoms with Crippen LogP contribution in [0.4, 0.5) is 0 Å². The van der Waals surface area contributed by atoms with Crippen LogP contribution < -0.4 is 14.8 Å².